The molecule has 1 atom stereocenters. The monoisotopic (exact) mass is 443 g/mol. The second-order valence-corrected chi connectivity index (χ2v) is 7.93. The van der Waals surface area contributed by atoms with Crippen LogP contribution in [0.5, 0.6) is 0 Å². The SMILES string of the molecule is CCc1ccc(-n2c(C(C)N(CC)C(=O)c3cccc(F)c3)nc3ccccc3c2=O)cc1. The topological polar surface area (TPSA) is 55.2 Å². The highest BCUT2D eigenvalue weighted by Gasteiger charge is 2.26. The summed E-state index contributed by atoms with van der Waals surface area (Å²) < 4.78 is 15.3. The highest BCUT2D eigenvalue weighted by atomic mass is 19.1. The standard InChI is InChI=1S/C27H26FN3O2/c1-4-19-13-15-22(16-14-19)31-25(29-24-12-7-6-11-23(24)27(31)33)18(3)30(5-2)26(32)20-9-8-10-21(28)17-20/h6-18H,4-5H2,1-3H3. The van der Waals surface area contributed by atoms with Gasteiger partial charge in [-0.25, -0.2) is 9.37 Å². The van der Waals surface area contributed by atoms with Gasteiger partial charge >= 0.3 is 0 Å². The molecule has 5 nitrogen and oxygen atoms in total. The van der Waals surface area contributed by atoms with Gasteiger partial charge < -0.3 is 4.90 Å². The molecule has 1 unspecified atom stereocenters. The Morgan fingerprint density at radius 2 is 1.76 bits per heavy atom. The molecule has 4 aromatic rings. The number of aromatic nitrogens is 2. The zero-order valence-corrected chi connectivity index (χ0v) is 19.0. The summed E-state index contributed by atoms with van der Waals surface area (Å²) in [6, 6.07) is 20.1. The van der Waals surface area contributed by atoms with E-state index >= 15 is 0 Å². The van der Waals surface area contributed by atoms with E-state index in [1.165, 1.54) is 18.2 Å². The average molecular weight is 444 g/mol. The number of benzene rings is 3. The summed E-state index contributed by atoms with van der Waals surface area (Å²) in [7, 11) is 0. The van der Waals surface area contributed by atoms with Gasteiger partial charge in [0.2, 0.25) is 0 Å². The Balaban J connectivity index is 1.89. The number of hydrogen-bond acceptors (Lipinski definition) is 3. The molecule has 0 aliphatic carbocycles. The molecular weight excluding hydrogens is 417 g/mol. The number of carbonyl (C=O) groups excluding carboxylic acids is 1. The summed E-state index contributed by atoms with van der Waals surface area (Å²) in [6.07, 6.45) is 0.889. The summed E-state index contributed by atoms with van der Waals surface area (Å²) in [4.78, 5) is 33.3. The number of hydrogen-bond donors (Lipinski definition) is 0. The van der Waals surface area contributed by atoms with Crippen LogP contribution < -0.4 is 5.56 Å². The number of carbonyl (C=O) groups is 1. The van der Waals surface area contributed by atoms with E-state index in [1.807, 2.05) is 50.2 Å². The summed E-state index contributed by atoms with van der Waals surface area (Å²) in [5.74, 6) is -0.337. The molecule has 0 fully saturated rings. The minimum Gasteiger partial charge on any atom is -0.329 e. The summed E-state index contributed by atoms with van der Waals surface area (Å²) in [5.41, 5.74) is 2.48. The maximum absolute atomic E-state index is 13.8. The molecule has 168 valence electrons. The van der Waals surface area contributed by atoms with Crippen LogP contribution in [0.25, 0.3) is 16.6 Å². The van der Waals surface area contributed by atoms with E-state index in [0.717, 1.165) is 12.0 Å². The van der Waals surface area contributed by atoms with Crippen LogP contribution in [-0.4, -0.2) is 26.9 Å². The Bertz CT molecular complexity index is 1360. The summed E-state index contributed by atoms with van der Waals surface area (Å²) in [5, 5.41) is 0.507. The molecule has 0 N–H and O–H groups in total. The van der Waals surface area contributed by atoms with Crippen LogP contribution in [0, 0.1) is 5.82 Å². The van der Waals surface area contributed by atoms with Crippen molar-refractivity contribution in [3.63, 3.8) is 0 Å². The molecule has 1 heterocycles. The molecule has 6 heteroatoms. The van der Waals surface area contributed by atoms with Crippen LogP contribution in [-0.2, 0) is 6.42 Å². The highest BCUT2D eigenvalue weighted by molar-refractivity contribution is 5.94. The number of fused-ring (bicyclic) bond motifs is 1. The molecule has 33 heavy (non-hydrogen) atoms. The zero-order valence-electron chi connectivity index (χ0n) is 19.0. The maximum atomic E-state index is 13.8. The smallest absolute Gasteiger partial charge is 0.266 e. The predicted octanol–water partition coefficient (Wildman–Crippen LogP) is 5.31. The van der Waals surface area contributed by atoms with E-state index in [2.05, 4.69) is 6.92 Å². The molecule has 3 aromatic carbocycles. The number of rotatable bonds is 6. The van der Waals surface area contributed by atoms with Crippen LogP contribution in [0.2, 0.25) is 0 Å². The molecule has 0 saturated carbocycles. The van der Waals surface area contributed by atoms with E-state index < -0.39 is 11.9 Å². The van der Waals surface area contributed by atoms with Gasteiger partial charge in [0.05, 0.1) is 22.6 Å². The first-order chi connectivity index (χ1) is 15.9. The van der Waals surface area contributed by atoms with Gasteiger partial charge in [-0.05, 0) is 68.3 Å². The Kier molecular flexibility index (Phi) is 6.36. The fourth-order valence-electron chi connectivity index (χ4n) is 4.08. The van der Waals surface area contributed by atoms with Crippen molar-refractivity contribution < 1.29 is 9.18 Å². The van der Waals surface area contributed by atoms with Gasteiger partial charge in [0.15, 0.2) is 0 Å². The Morgan fingerprint density at radius 3 is 2.42 bits per heavy atom. The Hall–Kier alpha value is -3.80. The van der Waals surface area contributed by atoms with Crippen LogP contribution in [0.15, 0.2) is 77.6 Å². The first-order valence-corrected chi connectivity index (χ1v) is 11.1. The number of nitrogens with zero attached hydrogens (tertiary/aromatic N) is 3. The molecule has 0 saturated heterocycles. The number of para-hydroxylation sites is 1. The molecule has 0 aliphatic heterocycles. The number of halogens is 1. The lowest BCUT2D eigenvalue weighted by atomic mass is 10.1. The lowest BCUT2D eigenvalue weighted by Gasteiger charge is -2.29. The average Bonchev–Trinajstić information content (AvgIpc) is 2.84. The summed E-state index contributed by atoms with van der Waals surface area (Å²) >= 11 is 0. The van der Waals surface area contributed by atoms with E-state index in [9.17, 15) is 14.0 Å². The van der Waals surface area contributed by atoms with Gasteiger partial charge in [-0.3, -0.25) is 14.2 Å². The second-order valence-electron chi connectivity index (χ2n) is 7.93. The fourth-order valence-corrected chi connectivity index (χ4v) is 4.08. The maximum Gasteiger partial charge on any atom is 0.266 e. The van der Waals surface area contributed by atoms with E-state index in [0.29, 0.717) is 29.0 Å². The third-order valence-corrected chi connectivity index (χ3v) is 5.92. The molecule has 1 amide bonds. The number of aryl methyl sites for hydroxylation is 1. The van der Waals surface area contributed by atoms with Crippen LogP contribution in [0.1, 0.15) is 48.6 Å². The van der Waals surface area contributed by atoms with Crippen molar-refractivity contribution in [2.75, 3.05) is 6.54 Å². The third kappa shape index (κ3) is 4.29. The molecule has 0 aliphatic rings. The van der Waals surface area contributed by atoms with Crippen LogP contribution in [0.4, 0.5) is 4.39 Å². The van der Waals surface area contributed by atoms with Gasteiger partial charge in [0.25, 0.3) is 11.5 Å². The molecule has 0 spiro atoms. The first-order valence-electron chi connectivity index (χ1n) is 11.1. The van der Waals surface area contributed by atoms with E-state index in [-0.39, 0.29) is 17.0 Å². The minimum absolute atomic E-state index is 0.194. The first kappa shape index (κ1) is 22.4. The molecule has 1 aromatic heterocycles. The van der Waals surface area contributed by atoms with Gasteiger partial charge in [-0.15, -0.1) is 0 Å². The molecule has 0 bridgehead atoms. The van der Waals surface area contributed by atoms with Crippen molar-refractivity contribution in [2.45, 2.75) is 33.2 Å². The summed E-state index contributed by atoms with van der Waals surface area (Å²) in [6.45, 7) is 6.14. The van der Waals surface area contributed by atoms with Gasteiger partial charge in [0, 0.05) is 12.1 Å². The van der Waals surface area contributed by atoms with Gasteiger partial charge in [-0.1, -0.05) is 37.3 Å². The Morgan fingerprint density at radius 1 is 1.03 bits per heavy atom. The highest BCUT2D eigenvalue weighted by Crippen LogP contribution is 2.24. The third-order valence-electron chi connectivity index (χ3n) is 5.92. The quantitative estimate of drug-likeness (QED) is 0.406. The van der Waals surface area contributed by atoms with Crippen molar-refractivity contribution >= 4 is 16.8 Å². The molecule has 0 radical (unpaired) electrons. The fraction of sp³-hybridized carbons (Fsp3) is 0.222. The largest absolute Gasteiger partial charge is 0.329 e. The lowest BCUT2D eigenvalue weighted by Crippen LogP contribution is -2.37. The van der Waals surface area contributed by atoms with Crippen molar-refractivity contribution in [3.8, 4) is 5.69 Å². The molecular formula is C27H26FN3O2. The normalized spacial score (nSPS) is 12.0. The second kappa shape index (κ2) is 9.36. The predicted molar refractivity (Wildman–Crippen MR) is 128 cm³/mol. The van der Waals surface area contributed by atoms with E-state index in [1.54, 1.807) is 27.7 Å². The number of amides is 1. The van der Waals surface area contributed by atoms with E-state index in [4.69, 9.17) is 4.98 Å². The van der Waals surface area contributed by atoms with Gasteiger partial charge in [-0.2, -0.15) is 0 Å². The van der Waals surface area contributed by atoms with Crippen molar-refractivity contribution in [3.05, 3.63) is 106 Å². The van der Waals surface area contributed by atoms with Crippen molar-refractivity contribution in [1.82, 2.24) is 14.5 Å². The van der Waals surface area contributed by atoms with Crippen molar-refractivity contribution in [2.24, 2.45) is 0 Å². The van der Waals surface area contributed by atoms with Gasteiger partial charge in [0.1, 0.15) is 11.6 Å². The van der Waals surface area contributed by atoms with Crippen LogP contribution >= 0.6 is 0 Å². The minimum atomic E-state index is -0.533. The Labute approximate surface area is 192 Å². The van der Waals surface area contributed by atoms with Crippen molar-refractivity contribution in [1.29, 1.82) is 0 Å². The zero-order chi connectivity index (χ0) is 23.5. The lowest BCUT2D eigenvalue weighted by molar-refractivity contribution is 0.0692. The molecule has 4 rings (SSSR count). The van der Waals surface area contributed by atoms with Crippen LogP contribution in [0.3, 0.4) is 0 Å².